The number of thioether (sulfide) groups is 1. The number of carboxylic acid groups (broad SMARTS) is 1. The zero-order chi connectivity index (χ0) is 26.4. The molecule has 190 valence electrons. The van der Waals surface area contributed by atoms with Crippen molar-refractivity contribution in [3.63, 3.8) is 0 Å². The highest BCUT2D eigenvalue weighted by molar-refractivity contribution is 8.00. The van der Waals surface area contributed by atoms with E-state index in [1.807, 2.05) is 0 Å². The Kier molecular flexibility index (Phi) is 6.52. The molecule has 1 saturated heterocycles. The highest BCUT2D eigenvalue weighted by Crippen LogP contribution is 2.54. The number of hydrogen-bond donors (Lipinski definition) is 2. The zero-order valence-corrected chi connectivity index (χ0v) is 21.0. The molecule has 0 bridgehead atoms. The van der Waals surface area contributed by atoms with E-state index in [1.54, 1.807) is 24.3 Å². The number of non-ortho nitro benzene ring substituents is 1. The number of thiazole rings is 1. The Balaban J connectivity index is 1.63. The highest BCUT2D eigenvalue weighted by atomic mass is 35.5. The van der Waals surface area contributed by atoms with Crippen LogP contribution in [0.4, 0.5) is 5.69 Å². The van der Waals surface area contributed by atoms with Crippen molar-refractivity contribution in [3.8, 4) is 5.75 Å². The van der Waals surface area contributed by atoms with Gasteiger partial charge in [0.15, 0.2) is 0 Å². The number of carbonyl (C=O) groups excluding carboxylic acids is 2. The van der Waals surface area contributed by atoms with E-state index in [4.69, 9.17) is 16.3 Å². The van der Waals surface area contributed by atoms with E-state index >= 15 is 0 Å². The van der Waals surface area contributed by atoms with E-state index in [9.17, 15) is 34.4 Å². The minimum Gasteiger partial charge on any atom is -0.489 e. The maximum Gasteiger partial charge on any atom is 0.323 e. The van der Waals surface area contributed by atoms with Gasteiger partial charge in [0.25, 0.3) is 5.69 Å². The Labute approximate surface area is 221 Å². The van der Waals surface area contributed by atoms with Crippen LogP contribution in [-0.4, -0.2) is 49.5 Å². The third-order valence-electron chi connectivity index (χ3n) is 6.03. The molecule has 0 spiro atoms. The predicted octanol–water partition coefficient (Wildman–Crippen LogP) is 3.25. The van der Waals surface area contributed by atoms with Crippen LogP contribution in [0.2, 0.25) is 5.02 Å². The van der Waals surface area contributed by atoms with Crippen molar-refractivity contribution in [3.05, 3.63) is 83.3 Å². The number of nitrogens with zero attached hydrogens (tertiary/aromatic N) is 2. The smallest absolute Gasteiger partial charge is 0.323 e. The average Bonchev–Trinajstić information content (AvgIpc) is 3.33. The molecule has 11 nitrogen and oxygen atoms in total. The molecule has 1 aromatic heterocycles. The van der Waals surface area contributed by atoms with Crippen molar-refractivity contribution in [2.45, 2.75) is 22.8 Å². The lowest BCUT2D eigenvalue weighted by Crippen LogP contribution is -2.36. The van der Waals surface area contributed by atoms with Crippen LogP contribution in [0.3, 0.4) is 0 Å². The Morgan fingerprint density at radius 2 is 1.97 bits per heavy atom. The lowest BCUT2D eigenvalue weighted by atomic mass is 9.82. The molecule has 0 radical (unpaired) electrons. The molecule has 14 heteroatoms. The fourth-order valence-corrected chi connectivity index (χ4v) is 7.25. The van der Waals surface area contributed by atoms with Crippen LogP contribution in [-0.2, 0) is 21.0 Å². The topological polar surface area (TPSA) is 160 Å². The Bertz CT molecular complexity index is 1520. The van der Waals surface area contributed by atoms with Gasteiger partial charge in [-0.15, -0.1) is 0 Å². The molecule has 2 amide bonds. The maximum absolute atomic E-state index is 13.4. The van der Waals surface area contributed by atoms with Crippen molar-refractivity contribution < 1.29 is 29.2 Å². The van der Waals surface area contributed by atoms with Crippen molar-refractivity contribution in [1.82, 2.24) is 9.88 Å². The molecule has 3 aromatic rings. The number of benzene rings is 2. The number of aliphatic carboxylic acids is 1. The number of carbonyl (C=O) groups is 3. The summed E-state index contributed by atoms with van der Waals surface area (Å²) in [5.74, 6) is -4.62. The number of amides is 2. The van der Waals surface area contributed by atoms with E-state index in [2.05, 4.69) is 4.98 Å². The summed E-state index contributed by atoms with van der Waals surface area (Å²) < 4.78 is 6.01. The molecule has 2 unspecified atom stereocenters. The maximum atomic E-state index is 13.4. The normalized spacial score (nSPS) is 20.5. The number of imide groups is 1. The van der Waals surface area contributed by atoms with Crippen molar-refractivity contribution >= 4 is 58.2 Å². The number of aromatic nitrogens is 1. The molecule has 2 aliphatic rings. The summed E-state index contributed by atoms with van der Waals surface area (Å²) in [6.07, 6.45) is 0. The summed E-state index contributed by atoms with van der Waals surface area (Å²) in [5, 5.41) is 20.7. The first-order chi connectivity index (χ1) is 17.6. The van der Waals surface area contributed by atoms with Gasteiger partial charge in [0.1, 0.15) is 24.2 Å². The molecule has 5 rings (SSSR count). The van der Waals surface area contributed by atoms with Crippen LogP contribution in [0.15, 0.2) is 52.3 Å². The van der Waals surface area contributed by atoms with E-state index in [-0.39, 0.29) is 23.6 Å². The predicted molar refractivity (Wildman–Crippen MR) is 133 cm³/mol. The van der Waals surface area contributed by atoms with E-state index in [0.29, 0.717) is 19.8 Å². The third kappa shape index (κ3) is 4.61. The third-order valence-corrected chi connectivity index (χ3v) is 8.67. The molecule has 0 saturated carbocycles. The number of halogens is 1. The summed E-state index contributed by atoms with van der Waals surface area (Å²) in [6.45, 7) is -0.760. The van der Waals surface area contributed by atoms with E-state index in [1.165, 1.54) is 18.2 Å². The summed E-state index contributed by atoms with van der Waals surface area (Å²) in [6, 6.07) is 10.8. The van der Waals surface area contributed by atoms with Crippen molar-refractivity contribution in [2.24, 2.45) is 5.92 Å². The lowest BCUT2D eigenvalue weighted by molar-refractivity contribution is -0.385. The van der Waals surface area contributed by atoms with Crippen LogP contribution in [0, 0.1) is 16.0 Å². The number of carboxylic acids is 1. The van der Waals surface area contributed by atoms with Gasteiger partial charge < -0.3 is 14.8 Å². The van der Waals surface area contributed by atoms with E-state index in [0.717, 1.165) is 28.7 Å². The molecule has 0 aliphatic carbocycles. The number of nitro groups is 1. The second-order valence-electron chi connectivity index (χ2n) is 8.30. The second-order valence-corrected chi connectivity index (χ2v) is 10.9. The van der Waals surface area contributed by atoms with Crippen LogP contribution in [0.5, 0.6) is 5.75 Å². The molecule has 37 heavy (non-hydrogen) atoms. The van der Waals surface area contributed by atoms with E-state index < -0.39 is 51.2 Å². The first kappa shape index (κ1) is 25.0. The van der Waals surface area contributed by atoms with Gasteiger partial charge in [-0.2, -0.15) is 0 Å². The van der Waals surface area contributed by atoms with Crippen molar-refractivity contribution in [2.75, 3.05) is 6.54 Å². The summed E-state index contributed by atoms with van der Waals surface area (Å²) >= 11 is 7.86. The minimum absolute atomic E-state index is 0.0508. The highest BCUT2D eigenvalue weighted by Gasteiger charge is 2.56. The van der Waals surface area contributed by atoms with Crippen LogP contribution in [0.25, 0.3) is 0 Å². The van der Waals surface area contributed by atoms with Gasteiger partial charge in [-0.3, -0.25) is 34.2 Å². The number of aromatic amines is 1. The minimum atomic E-state index is -1.36. The summed E-state index contributed by atoms with van der Waals surface area (Å²) in [4.78, 5) is 64.4. The molecule has 2 N–H and O–H groups in total. The quantitative estimate of drug-likeness (QED) is 0.251. The second kappa shape index (κ2) is 9.65. The SMILES string of the molecule is O=C(O)CN1C(=O)C2Sc3[nH]c(=O)sc3[C@@H](c3cc([N+](=O)[O-])ccc3OCc3cccc(Cl)c3)C2C1=O. The summed E-state index contributed by atoms with van der Waals surface area (Å²) in [7, 11) is 0. The fourth-order valence-electron chi connectivity index (χ4n) is 4.51. The number of ether oxygens (including phenoxy) is 1. The molecule has 3 atom stereocenters. The standard InChI is InChI=1S/C23H16ClN3O8S2/c24-11-3-1-2-10(6-11)9-35-14-5-4-12(27(33)34)7-13(14)16-17-19(36-20-18(16)37-23(32)25-20)22(31)26(21(17)30)8-15(28)29/h1-7,16-17,19H,8-9H2,(H,25,32)(H,28,29)/t16-,17?,19?/m0/s1. The Morgan fingerprint density at radius 1 is 1.19 bits per heavy atom. The van der Waals surface area contributed by atoms with Gasteiger partial charge in [0.05, 0.1) is 15.9 Å². The average molecular weight is 562 g/mol. The van der Waals surface area contributed by atoms with Crippen LogP contribution >= 0.6 is 34.7 Å². The first-order valence-corrected chi connectivity index (χ1v) is 12.8. The Morgan fingerprint density at radius 3 is 2.68 bits per heavy atom. The van der Waals surface area contributed by atoms with Gasteiger partial charge in [-0.05, 0) is 23.8 Å². The molecular formula is C23H16ClN3O8S2. The van der Waals surface area contributed by atoms with Crippen LogP contribution < -0.4 is 9.61 Å². The molecule has 1 fully saturated rings. The van der Waals surface area contributed by atoms with Crippen molar-refractivity contribution in [1.29, 1.82) is 0 Å². The molecule has 2 aliphatic heterocycles. The number of nitro benzene ring substituents is 1. The number of nitrogens with one attached hydrogen (secondary N) is 1. The fraction of sp³-hybridized carbons (Fsp3) is 0.217. The van der Waals surface area contributed by atoms with Gasteiger partial charge in [0, 0.05) is 33.5 Å². The first-order valence-electron chi connectivity index (χ1n) is 10.8. The number of likely N-dealkylation sites (tertiary alicyclic amines) is 1. The number of rotatable bonds is 7. The number of fused-ring (bicyclic) bond motifs is 2. The monoisotopic (exact) mass is 561 g/mol. The summed E-state index contributed by atoms with van der Waals surface area (Å²) in [5.41, 5.74) is 0.686. The lowest BCUT2D eigenvalue weighted by Gasteiger charge is -2.30. The molecule has 3 heterocycles. The molecule has 2 aromatic carbocycles. The van der Waals surface area contributed by atoms with Crippen LogP contribution in [0.1, 0.15) is 21.9 Å². The van der Waals surface area contributed by atoms with Gasteiger partial charge in [-0.25, -0.2) is 0 Å². The number of H-pyrrole nitrogens is 1. The van der Waals surface area contributed by atoms with Gasteiger partial charge >= 0.3 is 10.8 Å². The van der Waals surface area contributed by atoms with Gasteiger partial charge in [-0.1, -0.05) is 46.8 Å². The van der Waals surface area contributed by atoms with Gasteiger partial charge in [0.2, 0.25) is 11.8 Å². The zero-order valence-electron chi connectivity index (χ0n) is 18.6. The Hall–Kier alpha value is -3.68. The largest absolute Gasteiger partial charge is 0.489 e. The molecular weight excluding hydrogens is 546 g/mol. The number of hydrogen-bond acceptors (Lipinski definition) is 9.